The summed E-state index contributed by atoms with van der Waals surface area (Å²) in [6, 6.07) is 13.1. The standard InChI is InChI=1S/C15H12N2O5/c18-14-12-3-1-2-4-13(12)15(19)16(14)11-7-5-10(6-8-11)9-22-17(20)21/h1-8,20-21H,9H2. The molecule has 0 spiro atoms. The SMILES string of the molecule is O=C1c2ccccc2C(=O)N1c1ccc(CON(O)O)cc1. The van der Waals surface area contributed by atoms with Gasteiger partial charge < -0.3 is 0 Å². The molecule has 7 nitrogen and oxygen atoms in total. The number of carbonyl (C=O) groups excluding carboxylic acids is 2. The summed E-state index contributed by atoms with van der Waals surface area (Å²) in [5.41, 5.74) is 1.86. The molecule has 1 aliphatic rings. The minimum Gasteiger partial charge on any atom is -0.268 e. The molecule has 2 aromatic carbocycles. The predicted octanol–water partition coefficient (Wildman–Crippen LogP) is 2.00. The second-order valence-electron chi connectivity index (χ2n) is 4.68. The van der Waals surface area contributed by atoms with Crippen molar-refractivity contribution in [2.45, 2.75) is 6.61 Å². The average Bonchev–Trinajstić information content (AvgIpc) is 2.78. The zero-order chi connectivity index (χ0) is 15.7. The van der Waals surface area contributed by atoms with Crippen molar-refractivity contribution >= 4 is 17.5 Å². The van der Waals surface area contributed by atoms with Gasteiger partial charge in [0.15, 0.2) is 0 Å². The van der Waals surface area contributed by atoms with Crippen LogP contribution in [0.25, 0.3) is 0 Å². The van der Waals surface area contributed by atoms with Gasteiger partial charge in [-0.1, -0.05) is 24.3 Å². The summed E-state index contributed by atoms with van der Waals surface area (Å²) in [7, 11) is 0. The molecule has 1 aliphatic heterocycles. The van der Waals surface area contributed by atoms with Crippen LogP contribution in [0.2, 0.25) is 0 Å². The van der Waals surface area contributed by atoms with Gasteiger partial charge in [-0.3, -0.25) is 20.0 Å². The fraction of sp³-hybridized carbons (Fsp3) is 0.0667. The van der Waals surface area contributed by atoms with Gasteiger partial charge in [0.05, 0.1) is 28.8 Å². The van der Waals surface area contributed by atoms with Crippen LogP contribution in [-0.4, -0.2) is 27.6 Å². The van der Waals surface area contributed by atoms with Gasteiger partial charge in [-0.05, 0) is 29.8 Å². The number of hydrogen-bond donors (Lipinski definition) is 2. The number of rotatable bonds is 4. The normalized spacial score (nSPS) is 13.9. The summed E-state index contributed by atoms with van der Waals surface area (Å²) in [6.07, 6.45) is 0. The van der Waals surface area contributed by atoms with Gasteiger partial charge in [-0.15, -0.1) is 0 Å². The van der Waals surface area contributed by atoms with E-state index < -0.39 is 0 Å². The zero-order valence-electron chi connectivity index (χ0n) is 11.3. The van der Waals surface area contributed by atoms with E-state index in [-0.39, 0.29) is 23.8 Å². The number of nitrogens with zero attached hydrogens (tertiary/aromatic N) is 2. The molecule has 0 aliphatic carbocycles. The first kappa shape index (κ1) is 14.4. The molecule has 0 radical (unpaired) electrons. The third kappa shape index (κ3) is 2.49. The van der Waals surface area contributed by atoms with Gasteiger partial charge in [0.1, 0.15) is 0 Å². The molecule has 3 rings (SSSR count). The van der Waals surface area contributed by atoms with Crippen LogP contribution >= 0.6 is 0 Å². The summed E-state index contributed by atoms with van der Waals surface area (Å²) < 4.78 is 0. The molecule has 2 aromatic rings. The molecule has 2 N–H and O–H groups in total. The molecule has 0 bridgehead atoms. The minimum atomic E-state index is -0.377. The molecular weight excluding hydrogens is 288 g/mol. The van der Waals surface area contributed by atoms with Crippen LogP contribution in [0.15, 0.2) is 48.5 Å². The third-order valence-corrected chi connectivity index (χ3v) is 3.34. The Bertz CT molecular complexity index is 692. The predicted molar refractivity (Wildman–Crippen MR) is 74.2 cm³/mol. The quantitative estimate of drug-likeness (QED) is 0.663. The largest absolute Gasteiger partial charge is 0.268 e. The number of imide groups is 1. The smallest absolute Gasteiger partial charge is 0.266 e. The molecule has 2 amide bonds. The molecule has 0 saturated carbocycles. The lowest BCUT2D eigenvalue weighted by Crippen LogP contribution is -2.29. The van der Waals surface area contributed by atoms with Crippen molar-refractivity contribution in [3.63, 3.8) is 0 Å². The maximum Gasteiger partial charge on any atom is 0.266 e. The van der Waals surface area contributed by atoms with E-state index in [1.165, 1.54) is 0 Å². The van der Waals surface area contributed by atoms with Crippen LogP contribution in [0.3, 0.4) is 0 Å². The number of amides is 2. The highest BCUT2D eigenvalue weighted by molar-refractivity contribution is 6.34. The first-order valence-corrected chi connectivity index (χ1v) is 6.45. The van der Waals surface area contributed by atoms with E-state index in [1.807, 2.05) is 0 Å². The Labute approximate surface area is 125 Å². The van der Waals surface area contributed by atoms with E-state index in [9.17, 15) is 9.59 Å². The van der Waals surface area contributed by atoms with E-state index >= 15 is 0 Å². The Kier molecular flexibility index (Phi) is 3.70. The molecule has 0 saturated heterocycles. The molecule has 0 unspecified atom stereocenters. The van der Waals surface area contributed by atoms with Crippen LogP contribution in [0.4, 0.5) is 5.69 Å². The van der Waals surface area contributed by atoms with Crippen molar-refractivity contribution in [2.24, 2.45) is 0 Å². The van der Waals surface area contributed by atoms with Gasteiger partial charge in [-0.25, -0.2) is 9.74 Å². The maximum atomic E-state index is 12.3. The second kappa shape index (κ2) is 5.66. The summed E-state index contributed by atoms with van der Waals surface area (Å²) in [5, 5.41) is 16.6. The summed E-state index contributed by atoms with van der Waals surface area (Å²) in [6.45, 7) is -0.0601. The van der Waals surface area contributed by atoms with Crippen molar-refractivity contribution in [1.29, 1.82) is 0 Å². The van der Waals surface area contributed by atoms with E-state index in [0.29, 0.717) is 22.4 Å². The van der Waals surface area contributed by atoms with Crippen LogP contribution in [0.5, 0.6) is 0 Å². The van der Waals surface area contributed by atoms with Gasteiger partial charge in [0, 0.05) is 0 Å². The monoisotopic (exact) mass is 300 g/mol. The summed E-state index contributed by atoms with van der Waals surface area (Å²) in [5.74, 6) is -0.719. The topological polar surface area (TPSA) is 90.3 Å². The second-order valence-corrected chi connectivity index (χ2v) is 4.68. The molecule has 7 heteroatoms. The molecule has 112 valence electrons. The summed E-state index contributed by atoms with van der Waals surface area (Å²) in [4.78, 5) is 30.2. The van der Waals surface area contributed by atoms with Crippen LogP contribution in [-0.2, 0) is 11.4 Å². The zero-order valence-corrected chi connectivity index (χ0v) is 11.3. The van der Waals surface area contributed by atoms with Crippen molar-refractivity contribution in [1.82, 2.24) is 5.39 Å². The molecule has 1 heterocycles. The van der Waals surface area contributed by atoms with Gasteiger partial charge in [0.25, 0.3) is 11.8 Å². The molecular formula is C15H12N2O5. The lowest BCUT2D eigenvalue weighted by molar-refractivity contribution is -0.497. The van der Waals surface area contributed by atoms with E-state index in [1.54, 1.807) is 48.5 Å². The number of benzene rings is 2. The molecule has 0 aromatic heterocycles. The first-order chi connectivity index (χ1) is 10.6. The number of fused-ring (bicyclic) bond motifs is 1. The fourth-order valence-corrected chi connectivity index (χ4v) is 2.30. The van der Waals surface area contributed by atoms with E-state index in [2.05, 4.69) is 4.84 Å². The Hall–Kier alpha value is -2.58. The number of anilines is 1. The summed E-state index contributed by atoms with van der Waals surface area (Å²) >= 11 is 0. The molecule has 0 atom stereocenters. The Morgan fingerprint density at radius 1 is 0.909 bits per heavy atom. The van der Waals surface area contributed by atoms with Gasteiger partial charge >= 0.3 is 0 Å². The van der Waals surface area contributed by atoms with Crippen molar-refractivity contribution in [2.75, 3.05) is 4.90 Å². The Morgan fingerprint density at radius 2 is 1.45 bits per heavy atom. The highest BCUT2D eigenvalue weighted by atomic mass is 17.1. The Morgan fingerprint density at radius 3 is 1.95 bits per heavy atom. The lowest BCUT2D eigenvalue weighted by atomic mass is 10.1. The van der Waals surface area contributed by atoms with Gasteiger partial charge in [0.2, 0.25) is 0 Å². The van der Waals surface area contributed by atoms with Crippen LogP contribution in [0, 0.1) is 0 Å². The van der Waals surface area contributed by atoms with Crippen molar-refractivity contribution in [3.05, 3.63) is 65.2 Å². The average molecular weight is 300 g/mol. The third-order valence-electron chi connectivity index (χ3n) is 3.34. The van der Waals surface area contributed by atoms with Crippen LogP contribution in [0.1, 0.15) is 26.3 Å². The van der Waals surface area contributed by atoms with Gasteiger partial charge in [-0.2, -0.15) is 0 Å². The van der Waals surface area contributed by atoms with Crippen LogP contribution < -0.4 is 4.90 Å². The molecule has 22 heavy (non-hydrogen) atoms. The number of hydrogen-bond acceptors (Lipinski definition) is 6. The lowest BCUT2D eigenvalue weighted by Gasteiger charge is -2.14. The maximum absolute atomic E-state index is 12.3. The van der Waals surface area contributed by atoms with Crippen molar-refractivity contribution < 1.29 is 24.8 Å². The highest BCUT2D eigenvalue weighted by Crippen LogP contribution is 2.28. The van der Waals surface area contributed by atoms with Crippen molar-refractivity contribution in [3.8, 4) is 0 Å². The van der Waals surface area contributed by atoms with E-state index in [4.69, 9.17) is 10.4 Å². The first-order valence-electron chi connectivity index (χ1n) is 6.45. The van der Waals surface area contributed by atoms with E-state index in [0.717, 1.165) is 4.90 Å². The minimum absolute atomic E-state index is 0.0601. The Balaban J connectivity index is 1.84. The number of carbonyl (C=O) groups is 2. The fourth-order valence-electron chi connectivity index (χ4n) is 2.30. The molecule has 0 fully saturated rings. The highest BCUT2D eigenvalue weighted by Gasteiger charge is 2.36.